The SMILES string of the molecule is CNC(=O)C1=NC=NC(C)=I1. The number of carbonyl (C=O) groups is 1. The third kappa shape index (κ3) is 2.18. The first-order valence-electron chi connectivity index (χ1n) is 3.05. The van der Waals surface area contributed by atoms with Crippen LogP contribution in [0.3, 0.4) is 0 Å². The van der Waals surface area contributed by atoms with Crippen LogP contribution in [0.4, 0.5) is 0 Å². The number of carbonyl (C=O) groups excluding carboxylic acids is 1. The minimum absolute atomic E-state index is 0.0803. The molecule has 1 heterocycles. The molecule has 1 amide bonds. The van der Waals surface area contributed by atoms with Gasteiger partial charge in [-0.2, -0.15) is 0 Å². The number of hydrogen-bond acceptors (Lipinski definition) is 3. The maximum absolute atomic E-state index is 11.0. The van der Waals surface area contributed by atoms with Gasteiger partial charge in [0.15, 0.2) is 3.72 Å². The van der Waals surface area contributed by atoms with E-state index in [-0.39, 0.29) is 5.91 Å². The zero-order valence-corrected chi connectivity index (χ0v) is 8.42. The molecule has 1 rings (SSSR count). The van der Waals surface area contributed by atoms with E-state index >= 15 is 0 Å². The quantitative estimate of drug-likeness (QED) is 0.681. The van der Waals surface area contributed by atoms with Crippen molar-refractivity contribution in [3.63, 3.8) is 0 Å². The van der Waals surface area contributed by atoms with Gasteiger partial charge >= 0.3 is 0 Å². The van der Waals surface area contributed by atoms with Gasteiger partial charge < -0.3 is 5.32 Å². The van der Waals surface area contributed by atoms with Crippen LogP contribution >= 0.6 is 20.7 Å². The Hall–Kier alpha value is -0.590. The molecule has 1 aliphatic rings. The van der Waals surface area contributed by atoms with Crippen LogP contribution < -0.4 is 5.32 Å². The lowest BCUT2D eigenvalue weighted by Crippen LogP contribution is -2.25. The van der Waals surface area contributed by atoms with Crippen LogP contribution in [0, 0.1) is 0 Å². The molecule has 0 unspecified atom stereocenters. The molecule has 0 atom stereocenters. The van der Waals surface area contributed by atoms with Gasteiger partial charge in [0, 0.05) is 7.05 Å². The molecule has 0 aromatic heterocycles. The summed E-state index contributed by atoms with van der Waals surface area (Å²) in [5.74, 6) is -0.0803. The van der Waals surface area contributed by atoms with E-state index in [1.807, 2.05) is 6.92 Å². The third-order valence-corrected chi connectivity index (χ3v) is 3.39. The van der Waals surface area contributed by atoms with Crippen molar-refractivity contribution >= 4 is 40.3 Å². The molecule has 0 aromatic rings. The van der Waals surface area contributed by atoms with Crippen molar-refractivity contribution in [1.29, 1.82) is 0 Å². The Morgan fingerprint density at radius 1 is 1.73 bits per heavy atom. The minimum atomic E-state index is -0.404. The maximum Gasteiger partial charge on any atom is 0.275 e. The van der Waals surface area contributed by atoms with E-state index in [0.29, 0.717) is 3.72 Å². The van der Waals surface area contributed by atoms with Crippen LogP contribution in [-0.2, 0) is 4.79 Å². The highest BCUT2D eigenvalue weighted by atomic mass is 127. The Morgan fingerprint density at radius 2 is 2.45 bits per heavy atom. The van der Waals surface area contributed by atoms with Gasteiger partial charge in [-0.15, -0.1) is 0 Å². The lowest BCUT2D eigenvalue weighted by Gasteiger charge is -2.00. The first-order valence-corrected chi connectivity index (χ1v) is 5.20. The van der Waals surface area contributed by atoms with E-state index in [9.17, 15) is 4.79 Å². The van der Waals surface area contributed by atoms with Crippen molar-refractivity contribution in [2.24, 2.45) is 9.98 Å². The highest BCUT2D eigenvalue weighted by Gasteiger charge is 2.08. The second kappa shape index (κ2) is 3.70. The van der Waals surface area contributed by atoms with Gasteiger partial charge in [-0.1, -0.05) is 0 Å². The highest BCUT2D eigenvalue weighted by molar-refractivity contribution is 14.2. The molecule has 1 N–H and O–H groups in total. The van der Waals surface area contributed by atoms with Crippen molar-refractivity contribution in [1.82, 2.24) is 5.32 Å². The van der Waals surface area contributed by atoms with Gasteiger partial charge in [0.1, 0.15) is 6.34 Å². The van der Waals surface area contributed by atoms with E-state index < -0.39 is 20.7 Å². The fourth-order valence-corrected chi connectivity index (χ4v) is 2.32. The second-order valence-electron chi connectivity index (χ2n) is 1.84. The molecular weight excluding hydrogens is 257 g/mol. The topological polar surface area (TPSA) is 53.8 Å². The monoisotopic (exact) mass is 265 g/mol. The molecule has 0 saturated heterocycles. The first kappa shape index (κ1) is 8.51. The second-order valence-corrected chi connectivity index (χ2v) is 4.96. The highest BCUT2D eigenvalue weighted by Crippen LogP contribution is 2.08. The lowest BCUT2D eigenvalue weighted by molar-refractivity contribution is -0.114. The fourth-order valence-electron chi connectivity index (χ4n) is 0.542. The summed E-state index contributed by atoms with van der Waals surface area (Å²) in [5, 5.41) is 2.54. The third-order valence-electron chi connectivity index (χ3n) is 1.05. The van der Waals surface area contributed by atoms with Crippen molar-refractivity contribution in [3.05, 3.63) is 0 Å². The van der Waals surface area contributed by atoms with Crippen LogP contribution in [0.5, 0.6) is 0 Å². The summed E-state index contributed by atoms with van der Waals surface area (Å²) in [6.07, 6.45) is 1.43. The summed E-state index contributed by atoms with van der Waals surface area (Å²) in [6.45, 7) is 1.92. The van der Waals surface area contributed by atoms with E-state index in [4.69, 9.17) is 0 Å². The molecular formula is C6H8IN3O. The predicted octanol–water partition coefficient (Wildman–Crippen LogP) is 0.293. The van der Waals surface area contributed by atoms with Crippen molar-refractivity contribution in [2.75, 3.05) is 7.05 Å². The summed E-state index contributed by atoms with van der Waals surface area (Å²) >= 11 is -0.404. The Labute approximate surface area is 74.6 Å². The molecule has 0 aliphatic carbocycles. The van der Waals surface area contributed by atoms with Gasteiger partial charge in [0.25, 0.3) is 5.91 Å². The zero-order chi connectivity index (χ0) is 8.27. The standard InChI is InChI=1S/C6H8IN3O/c1-4-7-5(6(11)8-2)10-3-9-4/h3H,1-2H3,(H,8,11). The van der Waals surface area contributed by atoms with E-state index in [1.54, 1.807) is 7.05 Å². The molecule has 0 radical (unpaired) electrons. The van der Waals surface area contributed by atoms with Gasteiger partial charge in [-0.25, -0.2) is 9.98 Å². The van der Waals surface area contributed by atoms with Crippen molar-refractivity contribution in [2.45, 2.75) is 6.92 Å². The first-order chi connectivity index (χ1) is 5.24. The van der Waals surface area contributed by atoms with Gasteiger partial charge in [0.2, 0.25) is 0 Å². The number of halogens is 1. The van der Waals surface area contributed by atoms with Gasteiger partial charge in [0.05, 0.1) is 3.63 Å². The van der Waals surface area contributed by atoms with Crippen LogP contribution in [-0.4, -0.2) is 26.6 Å². The molecule has 1 aliphatic heterocycles. The van der Waals surface area contributed by atoms with Crippen LogP contribution in [0.25, 0.3) is 0 Å². The lowest BCUT2D eigenvalue weighted by atomic mass is 10.7. The minimum Gasteiger partial charge on any atom is -0.353 e. The normalized spacial score (nSPS) is 16.2. The molecule has 4 nitrogen and oxygen atoms in total. The average molecular weight is 265 g/mol. The van der Waals surface area contributed by atoms with E-state index in [1.165, 1.54) is 6.34 Å². The summed E-state index contributed by atoms with van der Waals surface area (Å²) in [5.41, 5.74) is 0. The van der Waals surface area contributed by atoms with Crippen molar-refractivity contribution in [3.8, 4) is 0 Å². The average Bonchev–Trinajstić information content (AvgIpc) is 2.03. The largest absolute Gasteiger partial charge is 0.353 e. The summed E-state index contributed by atoms with van der Waals surface area (Å²) < 4.78 is 1.66. The Bertz CT molecular complexity index is 267. The molecule has 11 heavy (non-hydrogen) atoms. The van der Waals surface area contributed by atoms with Crippen LogP contribution in [0.15, 0.2) is 9.98 Å². The number of nitrogens with zero attached hydrogens (tertiary/aromatic N) is 2. The number of aliphatic imine (C=N–C) groups is 2. The molecule has 0 fully saturated rings. The Kier molecular flexibility index (Phi) is 2.86. The zero-order valence-electron chi connectivity index (χ0n) is 6.26. The Balaban J connectivity index is 2.84. The van der Waals surface area contributed by atoms with Crippen LogP contribution in [0.1, 0.15) is 6.92 Å². The molecule has 0 bridgehead atoms. The number of rotatable bonds is 1. The summed E-state index contributed by atoms with van der Waals surface area (Å²) in [6, 6.07) is 0. The summed E-state index contributed by atoms with van der Waals surface area (Å²) in [4.78, 5) is 18.9. The Morgan fingerprint density at radius 3 is 3.00 bits per heavy atom. The molecule has 0 spiro atoms. The predicted molar refractivity (Wildman–Crippen MR) is 54.7 cm³/mol. The number of nitrogens with one attached hydrogen (secondary N) is 1. The molecule has 0 aromatic carbocycles. The summed E-state index contributed by atoms with van der Waals surface area (Å²) in [7, 11) is 1.61. The van der Waals surface area contributed by atoms with Crippen molar-refractivity contribution < 1.29 is 4.79 Å². The molecule has 0 saturated carbocycles. The van der Waals surface area contributed by atoms with Gasteiger partial charge in [-0.05, 0) is 27.7 Å². The van der Waals surface area contributed by atoms with Gasteiger partial charge in [-0.3, -0.25) is 4.79 Å². The maximum atomic E-state index is 11.0. The number of hydrogen-bond donors (Lipinski definition) is 1. The fraction of sp³-hybridized carbons (Fsp3) is 0.333. The molecule has 60 valence electrons. The smallest absolute Gasteiger partial charge is 0.275 e. The van der Waals surface area contributed by atoms with Crippen LogP contribution in [0.2, 0.25) is 0 Å². The van der Waals surface area contributed by atoms with E-state index in [0.717, 1.165) is 3.63 Å². The van der Waals surface area contributed by atoms with E-state index in [2.05, 4.69) is 15.3 Å². The number of amides is 1. The molecule has 5 heteroatoms.